The third-order valence-corrected chi connectivity index (χ3v) is 3.60. The van der Waals surface area contributed by atoms with Gasteiger partial charge in [-0.2, -0.15) is 0 Å². The van der Waals surface area contributed by atoms with Gasteiger partial charge in [-0.1, -0.05) is 41.6 Å². The lowest BCUT2D eigenvalue weighted by Crippen LogP contribution is -2.09. The average molecular weight is 339 g/mol. The van der Waals surface area contributed by atoms with Gasteiger partial charge < -0.3 is 18.7 Å². The summed E-state index contributed by atoms with van der Waals surface area (Å²) >= 11 is 0. The summed E-state index contributed by atoms with van der Waals surface area (Å²) < 4.78 is 21.0. The number of hydrogen-bond donors (Lipinski definition) is 0. The van der Waals surface area contributed by atoms with Crippen LogP contribution in [0, 0.1) is 0 Å². The van der Waals surface area contributed by atoms with E-state index in [1.54, 1.807) is 24.3 Å². The van der Waals surface area contributed by atoms with E-state index >= 15 is 0 Å². The summed E-state index contributed by atoms with van der Waals surface area (Å²) in [6, 6.07) is 16.4. The van der Waals surface area contributed by atoms with Crippen LogP contribution in [0.15, 0.2) is 59.1 Å². The summed E-state index contributed by atoms with van der Waals surface area (Å²) in [6.45, 7) is -0.0175. The molecule has 128 valence electrons. The smallest absolute Gasteiger partial charge is 0.346 e. The predicted octanol–water partition coefficient (Wildman–Crippen LogP) is 3.72. The first-order valence-electron chi connectivity index (χ1n) is 7.62. The van der Waals surface area contributed by atoms with Gasteiger partial charge in [0.1, 0.15) is 29.4 Å². The molecule has 0 aliphatic heterocycles. The van der Waals surface area contributed by atoms with E-state index in [1.165, 1.54) is 14.2 Å². The van der Waals surface area contributed by atoms with Crippen molar-refractivity contribution in [2.45, 2.75) is 6.61 Å². The first-order valence-corrected chi connectivity index (χ1v) is 7.62. The van der Waals surface area contributed by atoms with Crippen LogP contribution in [0.4, 0.5) is 0 Å². The molecule has 6 nitrogen and oxygen atoms in total. The van der Waals surface area contributed by atoms with Crippen LogP contribution in [-0.2, 0) is 11.3 Å². The number of carbonyl (C=O) groups excluding carboxylic acids is 1. The Kier molecular flexibility index (Phi) is 4.99. The van der Waals surface area contributed by atoms with Crippen molar-refractivity contribution < 1.29 is 23.5 Å². The van der Waals surface area contributed by atoms with Crippen LogP contribution in [0.1, 0.15) is 16.1 Å². The molecule has 1 heterocycles. The highest BCUT2D eigenvalue weighted by atomic mass is 16.5. The minimum Gasteiger partial charge on any atom is -0.496 e. The fourth-order valence-electron chi connectivity index (χ4n) is 2.38. The maximum Gasteiger partial charge on any atom is 0.346 e. The second-order valence-electron chi connectivity index (χ2n) is 5.16. The van der Waals surface area contributed by atoms with E-state index in [-0.39, 0.29) is 12.2 Å². The molecule has 0 N–H and O–H groups in total. The summed E-state index contributed by atoms with van der Waals surface area (Å²) in [7, 11) is 2.96. The predicted molar refractivity (Wildman–Crippen MR) is 90.6 cm³/mol. The monoisotopic (exact) mass is 339 g/mol. The van der Waals surface area contributed by atoms with Crippen LogP contribution in [0.5, 0.6) is 11.5 Å². The lowest BCUT2D eigenvalue weighted by Gasteiger charge is -2.11. The summed E-state index contributed by atoms with van der Waals surface area (Å²) in [5, 5.41) is 3.93. The highest BCUT2D eigenvalue weighted by Crippen LogP contribution is 2.29. The first kappa shape index (κ1) is 16.6. The molecule has 0 aliphatic carbocycles. The number of benzene rings is 2. The minimum absolute atomic E-state index is 0.0175. The van der Waals surface area contributed by atoms with Gasteiger partial charge in [-0.15, -0.1) is 0 Å². The molecule has 0 bridgehead atoms. The third-order valence-electron chi connectivity index (χ3n) is 3.60. The maximum atomic E-state index is 12.4. The second-order valence-corrected chi connectivity index (χ2v) is 5.16. The molecular weight excluding hydrogens is 322 g/mol. The Bertz CT molecular complexity index is 835. The van der Waals surface area contributed by atoms with E-state index < -0.39 is 5.97 Å². The molecule has 2 aromatic carbocycles. The van der Waals surface area contributed by atoms with Gasteiger partial charge in [0.25, 0.3) is 0 Å². The van der Waals surface area contributed by atoms with Gasteiger partial charge >= 0.3 is 5.97 Å². The van der Waals surface area contributed by atoms with E-state index in [1.807, 2.05) is 30.3 Å². The molecule has 3 aromatic rings. The van der Waals surface area contributed by atoms with E-state index in [0.29, 0.717) is 23.0 Å². The normalized spacial score (nSPS) is 10.3. The topological polar surface area (TPSA) is 70.8 Å². The molecule has 0 radical (unpaired) electrons. The van der Waals surface area contributed by atoms with Crippen molar-refractivity contribution in [1.82, 2.24) is 5.16 Å². The minimum atomic E-state index is -0.557. The van der Waals surface area contributed by atoms with E-state index in [9.17, 15) is 4.79 Å². The number of rotatable bonds is 6. The summed E-state index contributed by atoms with van der Waals surface area (Å²) in [4.78, 5) is 12.4. The zero-order chi connectivity index (χ0) is 17.6. The molecule has 1 aromatic heterocycles. The zero-order valence-electron chi connectivity index (χ0n) is 13.9. The Labute approximate surface area is 144 Å². The van der Waals surface area contributed by atoms with E-state index in [4.69, 9.17) is 18.7 Å². The van der Waals surface area contributed by atoms with Crippen LogP contribution in [0.3, 0.4) is 0 Å². The van der Waals surface area contributed by atoms with Crippen LogP contribution in [0.2, 0.25) is 0 Å². The van der Waals surface area contributed by atoms with E-state index in [0.717, 1.165) is 5.56 Å². The molecule has 0 spiro atoms. The Morgan fingerprint density at radius 1 is 1.00 bits per heavy atom. The van der Waals surface area contributed by atoms with Crippen molar-refractivity contribution in [2.75, 3.05) is 14.2 Å². The quantitative estimate of drug-likeness (QED) is 0.638. The lowest BCUT2D eigenvalue weighted by molar-refractivity contribution is 0.0457. The van der Waals surface area contributed by atoms with Gasteiger partial charge in [-0.3, -0.25) is 0 Å². The molecule has 0 amide bonds. The molecule has 0 fully saturated rings. The number of hydrogen-bond acceptors (Lipinski definition) is 6. The van der Waals surface area contributed by atoms with Crippen molar-refractivity contribution >= 4 is 5.97 Å². The van der Waals surface area contributed by atoms with Crippen LogP contribution >= 0.6 is 0 Å². The molecule has 3 rings (SSSR count). The highest BCUT2D eigenvalue weighted by Gasteiger charge is 2.20. The fourth-order valence-corrected chi connectivity index (χ4v) is 2.38. The molecule has 6 heteroatoms. The molecule has 25 heavy (non-hydrogen) atoms. The van der Waals surface area contributed by atoms with Crippen LogP contribution in [0.25, 0.3) is 11.3 Å². The Hall–Kier alpha value is -3.28. The number of carbonyl (C=O) groups is 1. The van der Waals surface area contributed by atoms with E-state index in [2.05, 4.69) is 5.16 Å². The third kappa shape index (κ3) is 3.63. The molecule has 0 saturated carbocycles. The Morgan fingerprint density at radius 2 is 1.68 bits per heavy atom. The molecule has 0 aliphatic rings. The van der Waals surface area contributed by atoms with Gasteiger partial charge in [0.15, 0.2) is 5.76 Å². The largest absolute Gasteiger partial charge is 0.496 e. The number of aromatic nitrogens is 1. The summed E-state index contributed by atoms with van der Waals surface area (Å²) in [5.74, 6) is 0.823. The van der Waals surface area contributed by atoms with Crippen molar-refractivity contribution in [3.63, 3.8) is 0 Å². The second kappa shape index (κ2) is 7.53. The maximum absolute atomic E-state index is 12.4. The molecule has 0 atom stereocenters. The van der Waals surface area contributed by atoms with Crippen molar-refractivity contribution in [3.8, 4) is 22.8 Å². The van der Waals surface area contributed by atoms with Crippen molar-refractivity contribution in [1.29, 1.82) is 0 Å². The number of esters is 1. The van der Waals surface area contributed by atoms with Gasteiger partial charge in [-0.25, -0.2) is 4.79 Å². The standard InChI is InChI=1S/C19H17NO5/c1-22-15-9-6-10-16(23-2)18(15)19(21)24-12-14-11-17(25-20-14)13-7-4-3-5-8-13/h3-11H,12H2,1-2H3. The summed E-state index contributed by atoms with van der Waals surface area (Å²) in [5.41, 5.74) is 1.65. The van der Waals surface area contributed by atoms with Gasteiger partial charge in [-0.05, 0) is 12.1 Å². The number of methoxy groups -OCH3 is 2. The molecule has 0 saturated heterocycles. The Morgan fingerprint density at radius 3 is 2.32 bits per heavy atom. The fraction of sp³-hybridized carbons (Fsp3) is 0.158. The number of ether oxygens (including phenoxy) is 3. The first-order chi connectivity index (χ1) is 12.2. The van der Waals surface area contributed by atoms with Gasteiger partial charge in [0.2, 0.25) is 0 Å². The van der Waals surface area contributed by atoms with Crippen LogP contribution in [-0.4, -0.2) is 25.3 Å². The van der Waals surface area contributed by atoms with Gasteiger partial charge in [0, 0.05) is 11.6 Å². The van der Waals surface area contributed by atoms with Gasteiger partial charge in [0.05, 0.1) is 14.2 Å². The Balaban J connectivity index is 1.72. The van der Waals surface area contributed by atoms with Crippen molar-refractivity contribution in [2.24, 2.45) is 0 Å². The highest BCUT2D eigenvalue weighted by molar-refractivity contribution is 5.95. The summed E-state index contributed by atoms with van der Waals surface area (Å²) in [6.07, 6.45) is 0. The number of nitrogens with zero attached hydrogens (tertiary/aromatic N) is 1. The SMILES string of the molecule is COc1cccc(OC)c1C(=O)OCc1cc(-c2ccccc2)on1. The average Bonchev–Trinajstić information content (AvgIpc) is 3.15. The van der Waals surface area contributed by atoms with Crippen molar-refractivity contribution in [3.05, 3.63) is 65.9 Å². The van der Waals surface area contributed by atoms with Crippen LogP contribution < -0.4 is 9.47 Å². The molecule has 0 unspecified atom stereocenters. The molecular formula is C19H17NO5. The zero-order valence-corrected chi connectivity index (χ0v) is 13.9. The lowest BCUT2D eigenvalue weighted by atomic mass is 10.1.